The maximum absolute atomic E-state index is 5.55. The molecular formula is C14H25N5O. The zero-order valence-corrected chi connectivity index (χ0v) is 12.3. The Morgan fingerprint density at radius 3 is 2.90 bits per heavy atom. The first-order chi connectivity index (χ1) is 9.83. The van der Waals surface area contributed by atoms with E-state index in [-0.39, 0.29) is 0 Å². The highest BCUT2D eigenvalue weighted by molar-refractivity contribution is 5.40. The quantitative estimate of drug-likeness (QED) is 0.775. The lowest BCUT2D eigenvalue weighted by Gasteiger charge is -2.22. The average Bonchev–Trinajstić information content (AvgIpc) is 2.73. The second-order valence-corrected chi connectivity index (χ2v) is 5.10. The molecule has 6 heteroatoms. The van der Waals surface area contributed by atoms with Crippen molar-refractivity contribution in [3.05, 3.63) is 12.4 Å². The number of nitrogens with two attached hydrogens (primary N) is 1. The topological polar surface area (TPSA) is 67.5 Å². The predicted octanol–water partition coefficient (Wildman–Crippen LogP) is 0.736. The summed E-state index contributed by atoms with van der Waals surface area (Å²) in [6.45, 7) is 6.22. The maximum Gasteiger partial charge on any atom is 0.218 e. The van der Waals surface area contributed by atoms with E-state index in [2.05, 4.69) is 19.8 Å². The largest absolute Gasteiger partial charge is 0.481 e. The molecule has 2 rings (SSSR count). The first-order valence-corrected chi connectivity index (χ1v) is 7.37. The molecule has 112 valence electrons. The Morgan fingerprint density at radius 2 is 2.10 bits per heavy atom. The first kappa shape index (κ1) is 15.0. The minimum absolute atomic E-state index is 0.624. The molecule has 0 atom stereocenters. The normalized spacial score (nSPS) is 17.0. The van der Waals surface area contributed by atoms with Crippen LogP contribution in [-0.2, 0) is 0 Å². The van der Waals surface area contributed by atoms with Crippen molar-refractivity contribution >= 4 is 5.82 Å². The van der Waals surface area contributed by atoms with E-state index in [0.29, 0.717) is 5.88 Å². The Balaban J connectivity index is 1.88. The zero-order valence-electron chi connectivity index (χ0n) is 12.3. The van der Waals surface area contributed by atoms with Crippen LogP contribution in [0.25, 0.3) is 0 Å². The van der Waals surface area contributed by atoms with E-state index < -0.39 is 0 Å². The Morgan fingerprint density at radius 1 is 1.20 bits per heavy atom. The molecule has 1 aromatic heterocycles. The van der Waals surface area contributed by atoms with Crippen LogP contribution in [0.2, 0.25) is 0 Å². The molecule has 0 saturated carbocycles. The molecule has 0 bridgehead atoms. The van der Waals surface area contributed by atoms with Gasteiger partial charge in [0.15, 0.2) is 0 Å². The molecule has 0 aliphatic carbocycles. The molecule has 0 amide bonds. The van der Waals surface area contributed by atoms with Crippen LogP contribution in [0, 0.1) is 0 Å². The lowest BCUT2D eigenvalue weighted by molar-refractivity contribution is 0.288. The lowest BCUT2D eigenvalue weighted by atomic mass is 10.3. The third-order valence-electron chi connectivity index (χ3n) is 3.68. The number of hydrogen-bond acceptors (Lipinski definition) is 6. The van der Waals surface area contributed by atoms with Crippen molar-refractivity contribution in [2.75, 3.05) is 51.3 Å². The van der Waals surface area contributed by atoms with Gasteiger partial charge in [0, 0.05) is 25.7 Å². The van der Waals surface area contributed by atoms with E-state index in [4.69, 9.17) is 10.5 Å². The molecule has 1 saturated heterocycles. The number of nitrogens with zero attached hydrogens (tertiary/aromatic N) is 4. The third-order valence-corrected chi connectivity index (χ3v) is 3.68. The molecule has 6 nitrogen and oxygen atoms in total. The highest BCUT2D eigenvalue weighted by Gasteiger charge is 2.16. The van der Waals surface area contributed by atoms with Crippen LogP contribution in [0.1, 0.15) is 19.3 Å². The Hall–Kier alpha value is -1.40. The second-order valence-electron chi connectivity index (χ2n) is 5.10. The Bertz CT molecular complexity index is 401. The van der Waals surface area contributed by atoms with Gasteiger partial charge in [-0.15, -0.1) is 0 Å². The molecule has 1 aliphatic rings. The van der Waals surface area contributed by atoms with Crippen molar-refractivity contribution in [2.45, 2.75) is 19.3 Å². The molecule has 1 aliphatic heterocycles. The monoisotopic (exact) mass is 279 g/mol. The predicted molar refractivity (Wildman–Crippen MR) is 80.1 cm³/mol. The molecule has 0 aromatic carbocycles. The molecule has 20 heavy (non-hydrogen) atoms. The van der Waals surface area contributed by atoms with Crippen molar-refractivity contribution in [2.24, 2.45) is 5.73 Å². The minimum Gasteiger partial charge on any atom is -0.481 e. The molecule has 0 radical (unpaired) electrons. The summed E-state index contributed by atoms with van der Waals surface area (Å²) in [5, 5.41) is 0. The van der Waals surface area contributed by atoms with Crippen molar-refractivity contribution in [1.29, 1.82) is 0 Å². The summed E-state index contributed by atoms with van der Waals surface area (Å²) in [4.78, 5) is 13.2. The number of anilines is 1. The van der Waals surface area contributed by atoms with Gasteiger partial charge in [-0.3, -0.25) is 0 Å². The molecular weight excluding hydrogens is 254 g/mol. The summed E-state index contributed by atoms with van der Waals surface area (Å²) in [6, 6.07) is 1.91. The van der Waals surface area contributed by atoms with Gasteiger partial charge in [0.2, 0.25) is 5.88 Å². The SMILES string of the molecule is COc1cc(N2CCCN(CCCCN)CC2)ncn1. The standard InChI is InChI=1S/C14H25N5O/c1-20-14-11-13(16-12-17-14)19-8-4-7-18(9-10-19)6-3-2-5-15/h11-12H,2-10,15H2,1H3. The third kappa shape index (κ3) is 4.31. The smallest absolute Gasteiger partial charge is 0.218 e. The summed E-state index contributed by atoms with van der Waals surface area (Å²) in [7, 11) is 1.63. The van der Waals surface area contributed by atoms with Gasteiger partial charge in [-0.1, -0.05) is 0 Å². The van der Waals surface area contributed by atoms with Gasteiger partial charge in [-0.05, 0) is 38.9 Å². The fraction of sp³-hybridized carbons (Fsp3) is 0.714. The van der Waals surface area contributed by atoms with Gasteiger partial charge in [0.1, 0.15) is 12.1 Å². The van der Waals surface area contributed by atoms with E-state index in [1.54, 1.807) is 13.4 Å². The van der Waals surface area contributed by atoms with E-state index in [1.165, 1.54) is 6.42 Å². The van der Waals surface area contributed by atoms with Crippen LogP contribution in [0.5, 0.6) is 5.88 Å². The molecule has 2 heterocycles. The van der Waals surface area contributed by atoms with E-state index >= 15 is 0 Å². The number of methoxy groups -OCH3 is 1. The summed E-state index contributed by atoms with van der Waals surface area (Å²) < 4.78 is 5.16. The summed E-state index contributed by atoms with van der Waals surface area (Å²) >= 11 is 0. The number of unbranched alkanes of at least 4 members (excludes halogenated alkanes) is 1. The number of hydrogen-bond donors (Lipinski definition) is 1. The Kier molecular flexibility index (Phi) is 6.01. The van der Waals surface area contributed by atoms with E-state index in [9.17, 15) is 0 Å². The number of ether oxygens (including phenoxy) is 1. The van der Waals surface area contributed by atoms with Crippen LogP contribution < -0.4 is 15.4 Å². The molecule has 2 N–H and O–H groups in total. The van der Waals surface area contributed by atoms with Crippen LogP contribution in [-0.4, -0.2) is 61.2 Å². The van der Waals surface area contributed by atoms with Gasteiger partial charge >= 0.3 is 0 Å². The second kappa shape index (κ2) is 8.01. The van der Waals surface area contributed by atoms with Gasteiger partial charge in [0.25, 0.3) is 0 Å². The van der Waals surface area contributed by atoms with Crippen LogP contribution in [0.15, 0.2) is 12.4 Å². The van der Waals surface area contributed by atoms with E-state index in [0.717, 1.165) is 57.9 Å². The van der Waals surface area contributed by atoms with Crippen molar-refractivity contribution in [3.8, 4) is 5.88 Å². The van der Waals surface area contributed by atoms with Gasteiger partial charge in [0.05, 0.1) is 7.11 Å². The molecule has 1 fully saturated rings. The maximum atomic E-state index is 5.55. The minimum atomic E-state index is 0.624. The zero-order chi connectivity index (χ0) is 14.2. The summed E-state index contributed by atoms with van der Waals surface area (Å²) in [5.41, 5.74) is 5.55. The fourth-order valence-corrected chi connectivity index (χ4v) is 2.52. The number of rotatable bonds is 6. The van der Waals surface area contributed by atoms with Crippen molar-refractivity contribution in [1.82, 2.24) is 14.9 Å². The average molecular weight is 279 g/mol. The molecule has 1 aromatic rings. The van der Waals surface area contributed by atoms with Gasteiger partial charge in [-0.2, -0.15) is 0 Å². The molecule has 0 spiro atoms. The highest BCUT2D eigenvalue weighted by atomic mass is 16.5. The molecule has 0 unspecified atom stereocenters. The lowest BCUT2D eigenvalue weighted by Crippen LogP contribution is -2.32. The first-order valence-electron chi connectivity index (χ1n) is 7.37. The summed E-state index contributed by atoms with van der Waals surface area (Å²) in [6.07, 6.45) is 5.04. The summed E-state index contributed by atoms with van der Waals surface area (Å²) in [5.74, 6) is 1.58. The van der Waals surface area contributed by atoms with Gasteiger partial charge in [-0.25, -0.2) is 9.97 Å². The van der Waals surface area contributed by atoms with Crippen molar-refractivity contribution in [3.63, 3.8) is 0 Å². The van der Waals surface area contributed by atoms with Crippen LogP contribution in [0.4, 0.5) is 5.82 Å². The van der Waals surface area contributed by atoms with Crippen LogP contribution in [0.3, 0.4) is 0 Å². The fourth-order valence-electron chi connectivity index (χ4n) is 2.52. The Labute approximate surface area is 120 Å². The van der Waals surface area contributed by atoms with Crippen LogP contribution >= 0.6 is 0 Å². The highest BCUT2D eigenvalue weighted by Crippen LogP contribution is 2.17. The number of aromatic nitrogens is 2. The van der Waals surface area contributed by atoms with Gasteiger partial charge < -0.3 is 20.3 Å². The van der Waals surface area contributed by atoms with E-state index in [1.807, 2.05) is 6.07 Å². The van der Waals surface area contributed by atoms with Crippen molar-refractivity contribution < 1.29 is 4.74 Å².